The SMILES string of the molecule is CCn1cc(CO)c2[c]cccc21. The minimum atomic E-state index is 0.0873. The van der Waals surface area contributed by atoms with Crippen molar-refractivity contribution in [3.8, 4) is 0 Å². The van der Waals surface area contributed by atoms with Gasteiger partial charge in [0.05, 0.1) is 6.61 Å². The number of rotatable bonds is 2. The number of hydrogen-bond donors (Lipinski definition) is 1. The van der Waals surface area contributed by atoms with E-state index in [0.717, 1.165) is 23.0 Å². The van der Waals surface area contributed by atoms with Crippen LogP contribution in [0.5, 0.6) is 0 Å². The summed E-state index contributed by atoms with van der Waals surface area (Å²) in [6.45, 7) is 3.10. The van der Waals surface area contributed by atoms with E-state index in [2.05, 4.69) is 23.6 Å². The van der Waals surface area contributed by atoms with Crippen LogP contribution in [0.3, 0.4) is 0 Å². The van der Waals surface area contributed by atoms with E-state index in [9.17, 15) is 0 Å². The standard InChI is InChI=1S/C11H12NO/c1-2-12-7-9(8-13)10-5-3-4-6-11(10)12/h3-4,6-7,13H,2,8H2,1H3. The molecule has 2 heteroatoms. The summed E-state index contributed by atoms with van der Waals surface area (Å²) in [6, 6.07) is 9.04. The summed E-state index contributed by atoms with van der Waals surface area (Å²) in [5, 5.41) is 10.1. The average molecular weight is 174 g/mol. The molecule has 1 heterocycles. The molecule has 0 saturated carbocycles. The number of nitrogens with zero attached hydrogens (tertiary/aromatic N) is 1. The van der Waals surface area contributed by atoms with E-state index in [1.807, 2.05) is 18.3 Å². The van der Waals surface area contributed by atoms with Crippen LogP contribution < -0.4 is 0 Å². The molecule has 67 valence electrons. The Hall–Kier alpha value is -1.28. The molecule has 2 aromatic rings. The molecule has 1 aromatic carbocycles. The van der Waals surface area contributed by atoms with Crippen LogP contribution in [-0.4, -0.2) is 9.67 Å². The first kappa shape index (κ1) is 8.32. The summed E-state index contributed by atoms with van der Waals surface area (Å²) < 4.78 is 2.12. The second-order valence-corrected chi connectivity index (χ2v) is 3.03. The van der Waals surface area contributed by atoms with Crippen molar-refractivity contribution in [2.75, 3.05) is 0 Å². The normalized spacial score (nSPS) is 10.9. The van der Waals surface area contributed by atoms with E-state index in [0.29, 0.717) is 0 Å². The van der Waals surface area contributed by atoms with Crippen molar-refractivity contribution in [3.05, 3.63) is 36.0 Å². The van der Waals surface area contributed by atoms with Gasteiger partial charge in [0.1, 0.15) is 0 Å². The molecule has 0 fully saturated rings. The largest absolute Gasteiger partial charge is 0.392 e. The Morgan fingerprint density at radius 2 is 2.38 bits per heavy atom. The van der Waals surface area contributed by atoms with Crippen LogP contribution in [0.2, 0.25) is 0 Å². The van der Waals surface area contributed by atoms with Gasteiger partial charge in [-0.25, -0.2) is 0 Å². The predicted molar refractivity (Wildman–Crippen MR) is 52.4 cm³/mol. The number of fused-ring (bicyclic) bond motifs is 1. The molecule has 0 aliphatic rings. The Morgan fingerprint density at radius 3 is 3.08 bits per heavy atom. The lowest BCUT2D eigenvalue weighted by molar-refractivity contribution is 0.283. The molecule has 0 saturated heterocycles. The quantitative estimate of drug-likeness (QED) is 0.739. The number of aliphatic hydroxyl groups excluding tert-OH is 1. The van der Waals surface area contributed by atoms with Crippen LogP contribution in [0, 0.1) is 6.07 Å². The summed E-state index contributed by atoms with van der Waals surface area (Å²) in [6.07, 6.45) is 1.99. The van der Waals surface area contributed by atoms with E-state index in [-0.39, 0.29) is 6.61 Å². The molecule has 0 bridgehead atoms. The van der Waals surface area contributed by atoms with Gasteiger partial charge >= 0.3 is 0 Å². The van der Waals surface area contributed by atoms with Crippen LogP contribution in [-0.2, 0) is 13.2 Å². The summed E-state index contributed by atoms with van der Waals surface area (Å²) in [5.74, 6) is 0. The molecule has 13 heavy (non-hydrogen) atoms. The molecule has 2 nitrogen and oxygen atoms in total. The molecule has 1 N–H and O–H groups in total. The maximum atomic E-state index is 9.11. The van der Waals surface area contributed by atoms with Gasteiger partial charge < -0.3 is 9.67 Å². The van der Waals surface area contributed by atoms with Gasteiger partial charge in [-0.1, -0.05) is 12.1 Å². The van der Waals surface area contributed by atoms with Crippen LogP contribution in [0.15, 0.2) is 24.4 Å². The molecule has 0 spiro atoms. The van der Waals surface area contributed by atoms with E-state index in [1.54, 1.807) is 0 Å². The fraction of sp³-hybridized carbons (Fsp3) is 0.273. The zero-order valence-electron chi connectivity index (χ0n) is 7.62. The predicted octanol–water partition coefficient (Wildman–Crippen LogP) is 1.95. The molecule has 2 rings (SSSR count). The summed E-state index contributed by atoms with van der Waals surface area (Å²) in [4.78, 5) is 0. The molecule has 1 aromatic heterocycles. The number of aliphatic hydroxyl groups is 1. The van der Waals surface area contributed by atoms with Crippen molar-refractivity contribution in [3.63, 3.8) is 0 Å². The fourth-order valence-corrected chi connectivity index (χ4v) is 1.63. The van der Waals surface area contributed by atoms with E-state index < -0.39 is 0 Å². The van der Waals surface area contributed by atoms with Gasteiger partial charge in [0, 0.05) is 29.2 Å². The van der Waals surface area contributed by atoms with Crippen LogP contribution in [0.1, 0.15) is 12.5 Å². The maximum absolute atomic E-state index is 9.11. The van der Waals surface area contributed by atoms with E-state index in [4.69, 9.17) is 5.11 Å². The zero-order chi connectivity index (χ0) is 9.26. The summed E-state index contributed by atoms with van der Waals surface area (Å²) in [7, 11) is 0. The lowest BCUT2D eigenvalue weighted by Gasteiger charge is -1.97. The van der Waals surface area contributed by atoms with Crippen molar-refractivity contribution in [2.24, 2.45) is 0 Å². The molecular formula is C11H12NO. The first-order chi connectivity index (χ1) is 6.36. The summed E-state index contributed by atoms with van der Waals surface area (Å²) in [5.41, 5.74) is 2.10. The molecule has 0 amide bonds. The third-order valence-corrected chi connectivity index (χ3v) is 2.29. The van der Waals surface area contributed by atoms with Gasteiger partial charge in [-0.2, -0.15) is 0 Å². The van der Waals surface area contributed by atoms with Crippen molar-refractivity contribution < 1.29 is 5.11 Å². The average Bonchev–Trinajstić information content (AvgIpc) is 2.56. The Balaban J connectivity index is 2.74. The molecule has 0 aliphatic carbocycles. The first-order valence-corrected chi connectivity index (χ1v) is 4.46. The number of benzene rings is 1. The molecule has 0 atom stereocenters. The topological polar surface area (TPSA) is 25.2 Å². The van der Waals surface area contributed by atoms with Crippen molar-refractivity contribution in [2.45, 2.75) is 20.1 Å². The molecular weight excluding hydrogens is 162 g/mol. The van der Waals surface area contributed by atoms with Gasteiger partial charge in [0.2, 0.25) is 0 Å². The van der Waals surface area contributed by atoms with Crippen LogP contribution in [0.4, 0.5) is 0 Å². The van der Waals surface area contributed by atoms with E-state index in [1.165, 1.54) is 0 Å². The van der Waals surface area contributed by atoms with Gasteiger partial charge in [-0.15, -0.1) is 0 Å². The lowest BCUT2D eigenvalue weighted by Crippen LogP contribution is -1.89. The highest BCUT2D eigenvalue weighted by Gasteiger charge is 2.04. The lowest BCUT2D eigenvalue weighted by atomic mass is 10.2. The summed E-state index contributed by atoms with van der Waals surface area (Å²) >= 11 is 0. The number of hydrogen-bond acceptors (Lipinski definition) is 1. The van der Waals surface area contributed by atoms with E-state index >= 15 is 0 Å². The van der Waals surface area contributed by atoms with Crippen LogP contribution in [0.25, 0.3) is 10.9 Å². The third-order valence-electron chi connectivity index (χ3n) is 2.29. The van der Waals surface area contributed by atoms with Gasteiger partial charge in [0.15, 0.2) is 0 Å². The monoisotopic (exact) mass is 174 g/mol. The second kappa shape index (κ2) is 3.23. The minimum Gasteiger partial charge on any atom is -0.392 e. The Labute approximate surface area is 77.4 Å². The fourth-order valence-electron chi connectivity index (χ4n) is 1.63. The molecule has 0 aliphatic heterocycles. The smallest absolute Gasteiger partial charge is 0.0702 e. The second-order valence-electron chi connectivity index (χ2n) is 3.03. The van der Waals surface area contributed by atoms with Gasteiger partial charge in [-0.3, -0.25) is 0 Å². The van der Waals surface area contributed by atoms with Crippen molar-refractivity contribution in [1.82, 2.24) is 4.57 Å². The number of aryl methyl sites for hydroxylation is 1. The molecule has 1 radical (unpaired) electrons. The Morgan fingerprint density at radius 1 is 1.54 bits per heavy atom. The van der Waals surface area contributed by atoms with Gasteiger partial charge in [-0.05, 0) is 19.1 Å². The third kappa shape index (κ3) is 1.23. The van der Waals surface area contributed by atoms with Crippen molar-refractivity contribution >= 4 is 10.9 Å². The minimum absolute atomic E-state index is 0.0873. The highest BCUT2D eigenvalue weighted by Crippen LogP contribution is 2.20. The highest BCUT2D eigenvalue weighted by molar-refractivity contribution is 5.83. The van der Waals surface area contributed by atoms with Gasteiger partial charge in [0.25, 0.3) is 0 Å². The maximum Gasteiger partial charge on any atom is 0.0702 e. The Kier molecular flexibility index (Phi) is 2.07. The number of aromatic nitrogens is 1. The Bertz CT molecular complexity index is 379. The first-order valence-electron chi connectivity index (χ1n) is 4.46. The van der Waals surface area contributed by atoms with Crippen LogP contribution >= 0.6 is 0 Å². The zero-order valence-corrected chi connectivity index (χ0v) is 7.62. The van der Waals surface area contributed by atoms with Crippen molar-refractivity contribution in [1.29, 1.82) is 0 Å². The highest BCUT2D eigenvalue weighted by atomic mass is 16.3. The molecule has 0 unspecified atom stereocenters.